The van der Waals surface area contributed by atoms with Crippen LogP contribution in [0.1, 0.15) is 19.4 Å². The first-order valence-corrected chi connectivity index (χ1v) is 6.33. The summed E-state index contributed by atoms with van der Waals surface area (Å²) in [4.78, 5) is 2.27. The standard InChI is InChI=1S/C14H24N2O/c1-13(2)15-8-9-16(10-11-17)12-14-6-4-3-5-7-14/h3-7,13,15,17H,8-12H2,1-2H3. The number of hydrogen-bond acceptors (Lipinski definition) is 3. The Morgan fingerprint density at radius 1 is 1.18 bits per heavy atom. The predicted molar refractivity (Wildman–Crippen MR) is 71.9 cm³/mol. The van der Waals surface area contributed by atoms with Gasteiger partial charge in [0.15, 0.2) is 0 Å². The maximum atomic E-state index is 9.06. The van der Waals surface area contributed by atoms with Crippen LogP contribution in [0.15, 0.2) is 30.3 Å². The molecule has 1 aromatic rings. The molecule has 1 rings (SSSR count). The van der Waals surface area contributed by atoms with Gasteiger partial charge in [-0.15, -0.1) is 0 Å². The van der Waals surface area contributed by atoms with Gasteiger partial charge in [0.25, 0.3) is 0 Å². The molecule has 3 heteroatoms. The van der Waals surface area contributed by atoms with Crippen LogP contribution in [0.4, 0.5) is 0 Å². The molecule has 3 nitrogen and oxygen atoms in total. The van der Waals surface area contributed by atoms with Gasteiger partial charge < -0.3 is 10.4 Å². The Kier molecular flexibility index (Phi) is 6.86. The van der Waals surface area contributed by atoms with Gasteiger partial charge in [0.2, 0.25) is 0 Å². The first-order chi connectivity index (χ1) is 8.22. The van der Waals surface area contributed by atoms with Crippen molar-refractivity contribution in [1.29, 1.82) is 0 Å². The Labute approximate surface area is 104 Å². The minimum Gasteiger partial charge on any atom is -0.395 e. The molecule has 2 N–H and O–H groups in total. The highest BCUT2D eigenvalue weighted by Crippen LogP contribution is 2.03. The van der Waals surface area contributed by atoms with Crippen molar-refractivity contribution in [2.45, 2.75) is 26.4 Å². The average Bonchev–Trinajstić information content (AvgIpc) is 2.30. The van der Waals surface area contributed by atoms with Crippen LogP contribution in [0.5, 0.6) is 0 Å². The van der Waals surface area contributed by atoms with Gasteiger partial charge in [-0.1, -0.05) is 44.2 Å². The number of nitrogens with zero attached hydrogens (tertiary/aromatic N) is 1. The fourth-order valence-electron chi connectivity index (χ4n) is 1.76. The van der Waals surface area contributed by atoms with Gasteiger partial charge in [-0.3, -0.25) is 4.90 Å². The number of nitrogens with one attached hydrogen (secondary N) is 1. The third-order valence-electron chi connectivity index (χ3n) is 2.65. The molecule has 0 saturated heterocycles. The first-order valence-electron chi connectivity index (χ1n) is 6.33. The van der Waals surface area contributed by atoms with Crippen molar-refractivity contribution in [2.75, 3.05) is 26.2 Å². The van der Waals surface area contributed by atoms with E-state index in [-0.39, 0.29) is 6.61 Å². The molecule has 0 saturated carbocycles. The van der Waals surface area contributed by atoms with Crippen molar-refractivity contribution < 1.29 is 5.11 Å². The highest BCUT2D eigenvalue weighted by molar-refractivity contribution is 5.14. The van der Waals surface area contributed by atoms with Crippen molar-refractivity contribution in [3.63, 3.8) is 0 Å². The average molecular weight is 236 g/mol. The molecule has 0 radical (unpaired) electrons. The quantitative estimate of drug-likeness (QED) is 0.717. The van der Waals surface area contributed by atoms with Gasteiger partial charge in [-0.2, -0.15) is 0 Å². The topological polar surface area (TPSA) is 35.5 Å². The molecule has 0 aliphatic carbocycles. The zero-order valence-corrected chi connectivity index (χ0v) is 10.9. The van der Waals surface area contributed by atoms with Crippen LogP contribution in [0.2, 0.25) is 0 Å². The van der Waals surface area contributed by atoms with Gasteiger partial charge in [0.1, 0.15) is 0 Å². The Balaban J connectivity index is 2.37. The van der Waals surface area contributed by atoms with E-state index in [9.17, 15) is 0 Å². The number of hydrogen-bond donors (Lipinski definition) is 2. The molecule has 0 aromatic heterocycles. The van der Waals surface area contributed by atoms with Gasteiger partial charge in [-0.05, 0) is 5.56 Å². The molecule has 0 fully saturated rings. The van der Waals surface area contributed by atoms with Crippen LogP contribution >= 0.6 is 0 Å². The lowest BCUT2D eigenvalue weighted by Gasteiger charge is -2.22. The summed E-state index contributed by atoms with van der Waals surface area (Å²) in [5.74, 6) is 0. The molecular formula is C14H24N2O. The normalized spacial score (nSPS) is 11.4. The number of benzene rings is 1. The van der Waals surface area contributed by atoms with Gasteiger partial charge >= 0.3 is 0 Å². The van der Waals surface area contributed by atoms with E-state index in [2.05, 4.69) is 48.3 Å². The molecule has 0 atom stereocenters. The fourth-order valence-corrected chi connectivity index (χ4v) is 1.76. The zero-order chi connectivity index (χ0) is 12.5. The number of rotatable bonds is 8. The van der Waals surface area contributed by atoms with Crippen LogP contribution in [0.3, 0.4) is 0 Å². The van der Waals surface area contributed by atoms with E-state index in [0.717, 1.165) is 26.2 Å². The summed E-state index contributed by atoms with van der Waals surface area (Å²) in [5, 5.41) is 12.5. The van der Waals surface area contributed by atoms with E-state index in [4.69, 9.17) is 5.11 Å². The van der Waals surface area contributed by atoms with E-state index in [0.29, 0.717) is 6.04 Å². The minimum absolute atomic E-state index is 0.217. The molecule has 96 valence electrons. The van der Waals surface area contributed by atoms with Crippen molar-refractivity contribution in [3.05, 3.63) is 35.9 Å². The molecule has 0 unspecified atom stereocenters. The SMILES string of the molecule is CC(C)NCCN(CCO)Cc1ccccc1. The van der Waals surface area contributed by atoms with Gasteiger partial charge in [0.05, 0.1) is 6.61 Å². The first kappa shape index (κ1) is 14.2. The van der Waals surface area contributed by atoms with E-state index >= 15 is 0 Å². The summed E-state index contributed by atoms with van der Waals surface area (Å²) in [6.45, 7) is 8.07. The van der Waals surface area contributed by atoms with Gasteiger partial charge in [0, 0.05) is 32.2 Å². The molecule has 0 aliphatic heterocycles. The number of aliphatic hydroxyl groups excluding tert-OH is 1. The predicted octanol–water partition coefficient (Wildman–Crippen LogP) is 1.48. The molecule has 0 heterocycles. The van der Waals surface area contributed by atoms with Crippen LogP contribution < -0.4 is 5.32 Å². The highest BCUT2D eigenvalue weighted by atomic mass is 16.3. The largest absolute Gasteiger partial charge is 0.395 e. The van der Waals surface area contributed by atoms with Crippen molar-refractivity contribution in [2.24, 2.45) is 0 Å². The van der Waals surface area contributed by atoms with E-state index in [1.807, 2.05) is 6.07 Å². The van der Waals surface area contributed by atoms with Crippen molar-refractivity contribution >= 4 is 0 Å². The third-order valence-corrected chi connectivity index (χ3v) is 2.65. The summed E-state index contributed by atoms with van der Waals surface area (Å²) in [5.41, 5.74) is 1.30. The smallest absolute Gasteiger partial charge is 0.0558 e. The molecular weight excluding hydrogens is 212 g/mol. The lowest BCUT2D eigenvalue weighted by atomic mass is 10.2. The maximum absolute atomic E-state index is 9.06. The second-order valence-corrected chi connectivity index (χ2v) is 4.59. The molecule has 1 aromatic carbocycles. The summed E-state index contributed by atoms with van der Waals surface area (Å²) in [6.07, 6.45) is 0. The van der Waals surface area contributed by atoms with Crippen LogP contribution in [-0.2, 0) is 6.54 Å². The molecule has 0 aliphatic rings. The lowest BCUT2D eigenvalue weighted by Crippen LogP contribution is -2.36. The molecule has 0 amide bonds. The van der Waals surface area contributed by atoms with E-state index in [1.54, 1.807) is 0 Å². The second kappa shape index (κ2) is 8.23. The Morgan fingerprint density at radius 3 is 2.47 bits per heavy atom. The lowest BCUT2D eigenvalue weighted by molar-refractivity contribution is 0.189. The van der Waals surface area contributed by atoms with E-state index in [1.165, 1.54) is 5.56 Å². The minimum atomic E-state index is 0.217. The zero-order valence-electron chi connectivity index (χ0n) is 10.9. The number of aliphatic hydroxyl groups is 1. The monoisotopic (exact) mass is 236 g/mol. The van der Waals surface area contributed by atoms with Gasteiger partial charge in [-0.25, -0.2) is 0 Å². The molecule has 0 bridgehead atoms. The Bertz CT molecular complexity index is 288. The highest BCUT2D eigenvalue weighted by Gasteiger charge is 2.05. The van der Waals surface area contributed by atoms with Crippen molar-refractivity contribution in [3.8, 4) is 0 Å². The van der Waals surface area contributed by atoms with Crippen LogP contribution in [0, 0.1) is 0 Å². The van der Waals surface area contributed by atoms with Crippen LogP contribution in [-0.4, -0.2) is 42.3 Å². The second-order valence-electron chi connectivity index (χ2n) is 4.59. The maximum Gasteiger partial charge on any atom is 0.0558 e. The van der Waals surface area contributed by atoms with Crippen LogP contribution in [0.25, 0.3) is 0 Å². The summed E-state index contributed by atoms with van der Waals surface area (Å²) in [7, 11) is 0. The van der Waals surface area contributed by atoms with E-state index < -0.39 is 0 Å². The molecule has 17 heavy (non-hydrogen) atoms. The fraction of sp³-hybridized carbons (Fsp3) is 0.571. The summed E-state index contributed by atoms with van der Waals surface area (Å²) < 4.78 is 0. The molecule has 0 spiro atoms. The Morgan fingerprint density at radius 2 is 1.88 bits per heavy atom. The Hall–Kier alpha value is -0.900. The summed E-state index contributed by atoms with van der Waals surface area (Å²) >= 11 is 0. The van der Waals surface area contributed by atoms with Crippen molar-refractivity contribution in [1.82, 2.24) is 10.2 Å². The summed E-state index contributed by atoms with van der Waals surface area (Å²) in [6, 6.07) is 10.9. The third kappa shape index (κ3) is 6.41.